The Bertz CT molecular complexity index is 686. The fourth-order valence-corrected chi connectivity index (χ4v) is 3.95. The monoisotopic (exact) mass is 331 g/mol. The highest BCUT2D eigenvalue weighted by Gasteiger charge is 2.18. The molecule has 2 rings (SSSR count). The Labute approximate surface area is 127 Å². The predicted octanol–water partition coefficient (Wildman–Crippen LogP) is 2.36. The number of halogens is 1. The fourth-order valence-electron chi connectivity index (χ4n) is 1.67. The second-order valence-electron chi connectivity index (χ2n) is 3.95. The lowest BCUT2D eigenvalue weighted by atomic mass is 10.3. The minimum absolute atomic E-state index is 0.145. The van der Waals surface area contributed by atoms with Crippen LogP contribution in [0.25, 0.3) is 0 Å². The van der Waals surface area contributed by atoms with E-state index in [4.69, 9.17) is 11.6 Å². The van der Waals surface area contributed by atoms with Crippen LogP contribution in [0.2, 0.25) is 4.34 Å². The molecule has 0 radical (unpaired) electrons. The normalized spacial score (nSPS) is 11.5. The first kappa shape index (κ1) is 15.2. The molecule has 5 nitrogen and oxygen atoms in total. The summed E-state index contributed by atoms with van der Waals surface area (Å²) in [4.78, 5) is 5.17. The summed E-state index contributed by atoms with van der Waals surface area (Å²) in [5.41, 5.74) is 0. The first-order valence-electron chi connectivity index (χ1n) is 5.89. The van der Waals surface area contributed by atoms with Gasteiger partial charge >= 0.3 is 0 Å². The lowest BCUT2D eigenvalue weighted by molar-refractivity contribution is 0.582. The Morgan fingerprint density at radius 1 is 1.35 bits per heavy atom. The van der Waals surface area contributed by atoms with Gasteiger partial charge in [-0.1, -0.05) is 11.6 Å². The van der Waals surface area contributed by atoms with Crippen LogP contribution in [0.4, 0.5) is 5.82 Å². The number of hydrogen-bond donors (Lipinski definition) is 2. The zero-order valence-electron chi connectivity index (χ0n) is 10.8. The zero-order valence-corrected chi connectivity index (χ0v) is 13.1. The van der Waals surface area contributed by atoms with Gasteiger partial charge in [-0.3, -0.25) is 0 Å². The van der Waals surface area contributed by atoms with E-state index in [1.807, 2.05) is 6.07 Å². The van der Waals surface area contributed by atoms with E-state index in [2.05, 4.69) is 15.0 Å². The molecule has 0 amide bonds. The average molecular weight is 332 g/mol. The van der Waals surface area contributed by atoms with Crippen LogP contribution >= 0.6 is 22.9 Å². The number of sulfonamides is 1. The quantitative estimate of drug-likeness (QED) is 0.852. The Balaban J connectivity index is 2.04. The lowest BCUT2D eigenvalue weighted by Gasteiger charge is -2.09. The van der Waals surface area contributed by atoms with E-state index in [0.29, 0.717) is 23.1 Å². The zero-order chi connectivity index (χ0) is 14.6. The first-order chi connectivity index (χ1) is 9.53. The number of nitrogens with one attached hydrogen (secondary N) is 2. The number of aromatic nitrogens is 1. The van der Waals surface area contributed by atoms with Gasteiger partial charge in [-0.15, -0.1) is 11.3 Å². The third kappa shape index (κ3) is 3.69. The third-order valence-corrected chi connectivity index (χ3v) is 5.37. The van der Waals surface area contributed by atoms with Crippen molar-refractivity contribution < 1.29 is 8.42 Å². The molecule has 0 fully saturated rings. The summed E-state index contributed by atoms with van der Waals surface area (Å²) in [6.07, 6.45) is 2.14. The predicted molar refractivity (Wildman–Crippen MR) is 82.0 cm³/mol. The van der Waals surface area contributed by atoms with Crippen LogP contribution in [-0.2, 0) is 16.4 Å². The molecule has 0 saturated carbocycles. The van der Waals surface area contributed by atoms with Crippen LogP contribution in [0.1, 0.15) is 4.88 Å². The number of pyridine rings is 1. The summed E-state index contributed by atoms with van der Waals surface area (Å²) in [5.74, 6) is 0.333. The topological polar surface area (TPSA) is 71.1 Å². The molecule has 0 aliphatic heterocycles. The Kier molecular flexibility index (Phi) is 4.98. The summed E-state index contributed by atoms with van der Waals surface area (Å²) in [6.45, 7) is 0.317. The van der Waals surface area contributed by atoms with Crippen molar-refractivity contribution in [1.82, 2.24) is 9.71 Å². The number of thiophene rings is 1. The van der Waals surface area contributed by atoms with E-state index < -0.39 is 10.0 Å². The fraction of sp³-hybridized carbons (Fsp3) is 0.250. The first-order valence-corrected chi connectivity index (χ1v) is 8.57. The van der Waals surface area contributed by atoms with Crippen molar-refractivity contribution in [3.63, 3.8) is 0 Å². The summed E-state index contributed by atoms with van der Waals surface area (Å²) in [5, 5.41) is 2.77. The molecule has 108 valence electrons. The van der Waals surface area contributed by atoms with Crippen LogP contribution in [-0.4, -0.2) is 27.0 Å². The van der Waals surface area contributed by atoms with Crippen molar-refractivity contribution in [2.75, 3.05) is 18.9 Å². The van der Waals surface area contributed by atoms with Crippen molar-refractivity contribution in [2.45, 2.75) is 11.3 Å². The molecule has 8 heteroatoms. The van der Waals surface area contributed by atoms with Crippen LogP contribution in [0.15, 0.2) is 35.4 Å². The molecular weight excluding hydrogens is 318 g/mol. The highest BCUT2D eigenvalue weighted by molar-refractivity contribution is 7.89. The summed E-state index contributed by atoms with van der Waals surface area (Å²) < 4.78 is 27.7. The molecule has 0 aromatic carbocycles. The summed E-state index contributed by atoms with van der Waals surface area (Å²) in [6, 6.07) is 6.80. The summed E-state index contributed by atoms with van der Waals surface area (Å²) in [7, 11) is -1.94. The molecule has 0 atom stereocenters. The van der Waals surface area contributed by atoms with Crippen LogP contribution in [0.5, 0.6) is 0 Å². The molecule has 0 aliphatic carbocycles. The van der Waals surface area contributed by atoms with Crippen molar-refractivity contribution >= 4 is 38.8 Å². The largest absolute Gasteiger partial charge is 0.372 e. The van der Waals surface area contributed by atoms with Gasteiger partial charge in [0.05, 0.1) is 4.34 Å². The Morgan fingerprint density at radius 3 is 2.80 bits per heavy atom. The van der Waals surface area contributed by atoms with E-state index in [-0.39, 0.29) is 4.90 Å². The van der Waals surface area contributed by atoms with Crippen molar-refractivity contribution in [2.24, 2.45) is 0 Å². The highest BCUT2D eigenvalue weighted by atomic mass is 35.5. The van der Waals surface area contributed by atoms with Gasteiger partial charge in [0.15, 0.2) is 0 Å². The van der Waals surface area contributed by atoms with Gasteiger partial charge in [-0.05, 0) is 30.7 Å². The average Bonchev–Trinajstić information content (AvgIpc) is 2.84. The van der Waals surface area contributed by atoms with Gasteiger partial charge in [-0.2, -0.15) is 0 Å². The SMILES string of the molecule is CNc1ncccc1S(=O)(=O)NCCc1ccc(Cl)s1. The number of rotatable bonds is 6. The second-order valence-corrected chi connectivity index (χ2v) is 7.49. The number of anilines is 1. The van der Waals surface area contributed by atoms with Crippen molar-refractivity contribution in [1.29, 1.82) is 0 Å². The molecule has 0 saturated heterocycles. The molecule has 0 bridgehead atoms. The second kappa shape index (κ2) is 6.53. The van der Waals surface area contributed by atoms with Crippen LogP contribution < -0.4 is 10.0 Å². The molecule has 20 heavy (non-hydrogen) atoms. The lowest BCUT2D eigenvalue weighted by Crippen LogP contribution is -2.26. The van der Waals surface area contributed by atoms with Gasteiger partial charge < -0.3 is 5.32 Å². The minimum atomic E-state index is -3.57. The molecule has 0 aliphatic rings. The van der Waals surface area contributed by atoms with E-state index >= 15 is 0 Å². The smallest absolute Gasteiger partial charge is 0.244 e. The van der Waals surface area contributed by atoms with Gasteiger partial charge in [0, 0.05) is 24.7 Å². The van der Waals surface area contributed by atoms with E-state index in [9.17, 15) is 8.42 Å². The molecule has 2 aromatic rings. The molecular formula is C12H14ClN3O2S2. The van der Waals surface area contributed by atoms with Crippen LogP contribution in [0.3, 0.4) is 0 Å². The maximum absolute atomic E-state index is 12.2. The van der Waals surface area contributed by atoms with E-state index in [1.54, 1.807) is 25.4 Å². The summed E-state index contributed by atoms with van der Waals surface area (Å²) >= 11 is 7.28. The molecule has 0 spiro atoms. The van der Waals surface area contributed by atoms with Gasteiger partial charge in [0.1, 0.15) is 10.7 Å². The van der Waals surface area contributed by atoms with Crippen LogP contribution in [0, 0.1) is 0 Å². The van der Waals surface area contributed by atoms with E-state index in [0.717, 1.165) is 4.88 Å². The molecule has 2 N–H and O–H groups in total. The van der Waals surface area contributed by atoms with Crippen molar-refractivity contribution in [3.05, 3.63) is 39.7 Å². The molecule has 2 aromatic heterocycles. The van der Waals surface area contributed by atoms with Crippen molar-refractivity contribution in [3.8, 4) is 0 Å². The van der Waals surface area contributed by atoms with Gasteiger partial charge in [0.2, 0.25) is 10.0 Å². The minimum Gasteiger partial charge on any atom is -0.372 e. The molecule has 2 heterocycles. The molecule has 0 unspecified atom stereocenters. The number of nitrogens with zero attached hydrogens (tertiary/aromatic N) is 1. The standard InChI is InChI=1S/C12H14ClN3O2S2/c1-14-12-10(3-2-7-15-12)20(17,18)16-8-6-9-4-5-11(13)19-9/h2-5,7,16H,6,8H2,1H3,(H,14,15). The Hall–Kier alpha value is -1.15. The number of hydrogen-bond acceptors (Lipinski definition) is 5. The van der Waals surface area contributed by atoms with Gasteiger partial charge in [-0.25, -0.2) is 18.1 Å². The highest BCUT2D eigenvalue weighted by Crippen LogP contribution is 2.22. The van der Waals surface area contributed by atoms with Gasteiger partial charge in [0.25, 0.3) is 0 Å². The third-order valence-electron chi connectivity index (χ3n) is 2.59. The maximum atomic E-state index is 12.2. The Morgan fingerprint density at radius 2 is 2.15 bits per heavy atom. The maximum Gasteiger partial charge on any atom is 0.244 e. The van der Waals surface area contributed by atoms with E-state index in [1.165, 1.54) is 17.4 Å².